The van der Waals surface area contributed by atoms with Gasteiger partial charge in [-0.25, -0.2) is 0 Å². The van der Waals surface area contributed by atoms with Gasteiger partial charge in [0.2, 0.25) is 0 Å². The lowest BCUT2D eigenvalue weighted by molar-refractivity contribution is -0.0127. The molecule has 0 aliphatic rings. The highest BCUT2D eigenvalue weighted by Crippen LogP contribution is 2.40. The fourth-order valence-electron chi connectivity index (χ4n) is 3.90. The first-order valence-electron chi connectivity index (χ1n) is 11.8. The van der Waals surface area contributed by atoms with Crippen LogP contribution in [-0.4, -0.2) is 26.9 Å². The molecule has 0 radical (unpaired) electrons. The molecule has 2 aromatic rings. The number of nitrogens with zero attached hydrogens (tertiary/aromatic N) is 1. The van der Waals surface area contributed by atoms with Crippen molar-refractivity contribution < 1.29 is 10.3 Å². The highest BCUT2D eigenvalue weighted by molar-refractivity contribution is 7.80. The summed E-state index contributed by atoms with van der Waals surface area (Å²) in [4.78, 5) is 0.621. The number of benzene rings is 2. The van der Waals surface area contributed by atoms with E-state index in [-0.39, 0.29) is 10.8 Å². The van der Waals surface area contributed by atoms with E-state index in [1.807, 2.05) is 18.2 Å². The van der Waals surface area contributed by atoms with Crippen molar-refractivity contribution in [3.05, 3.63) is 64.7 Å². The Morgan fingerprint density at radius 3 is 1.91 bits per heavy atom. The molecular formula is C28H41NO2S. The Morgan fingerprint density at radius 2 is 1.38 bits per heavy atom. The SMILES string of the molecule is CC(C)(C)c1cc(CCCCCC(=S)N(O)CCc2ccccc2)cc(C(C)(C)C)c1O. The summed E-state index contributed by atoms with van der Waals surface area (Å²) in [5.41, 5.74) is 4.33. The summed E-state index contributed by atoms with van der Waals surface area (Å²) in [6, 6.07) is 14.5. The fraction of sp³-hybridized carbons (Fsp3) is 0.536. The molecule has 3 nitrogen and oxygen atoms in total. The Bertz CT molecular complexity index is 844. The Morgan fingerprint density at radius 1 is 0.812 bits per heavy atom. The zero-order chi connectivity index (χ0) is 23.9. The van der Waals surface area contributed by atoms with Crippen LogP contribution in [0.5, 0.6) is 5.75 Å². The lowest BCUT2D eigenvalue weighted by Crippen LogP contribution is -2.27. The van der Waals surface area contributed by atoms with E-state index < -0.39 is 0 Å². The number of phenolic OH excluding ortho intramolecular Hbond substituents is 1. The average Bonchev–Trinajstić information content (AvgIpc) is 2.71. The standard InChI is InChI=1S/C28H41NO2S/c1-27(2,3)23-19-22(20-24(26(23)30)28(4,5)6)15-11-8-12-16-25(32)29(31)18-17-21-13-9-7-10-14-21/h7,9-10,13-14,19-20,30-31H,8,11-12,15-18H2,1-6H3. The minimum Gasteiger partial charge on any atom is -0.507 e. The van der Waals surface area contributed by atoms with Crippen LogP contribution in [0.1, 0.15) is 89.5 Å². The number of thiocarbonyl (C=S) groups is 1. The van der Waals surface area contributed by atoms with E-state index in [1.165, 1.54) is 16.2 Å². The maximum absolute atomic E-state index is 10.9. The maximum Gasteiger partial charge on any atom is 0.123 e. The summed E-state index contributed by atoms with van der Waals surface area (Å²) in [5.74, 6) is 0.442. The van der Waals surface area contributed by atoms with E-state index in [0.717, 1.165) is 49.7 Å². The molecule has 176 valence electrons. The smallest absolute Gasteiger partial charge is 0.123 e. The lowest BCUT2D eigenvalue weighted by Gasteiger charge is -2.28. The van der Waals surface area contributed by atoms with E-state index in [2.05, 4.69) is 65.8 Å². The van der Waals surface area contributed by atoms with Gasteiger partial charge in [0.1, 0.15) is 10.7 Å². The van der Waals surface area contributed by atoms with Crippen molar-refractivity contribution >= 4 is 17.2 Å². The number of phenols is 1. The molecule has 0 amide bonds. The second-order valence-corrected chi connectivity index (χ2v) is 11.3. The van der Waals surface area contributed by atoms with Gasteiger partial charge in [-0.1, -0.05) is 103 Å². The van der Waals surface area contributed by atoms with Gasteiger partial charge < -0.3 is 5.11 Å². The molecule has 0 unspecified atom stereocenters. The molecule has 32 heavy (non-hydrogen) atoms. The van der Waals surface area contributed by atoms with Gasteiger partial charge in [-0.3, -0.25) is 10.3 Å². The van der Waals surface area contributed by atoms with Crippen LogP contribution >= 0.6 is 12.2 Å². The Kier molecular flexibility index (Phi) is 9.29. The van der Waals surface area contributed by atoms with E-state index in [1.54, 1.807) is 0 Å². The zero-order valence-corrected chi connectivity index (χ0v) is 21.6. The zero-order valence-electron chi connectivity index (χ0n) is 20.7. The van der Waals surface area contributed by atoms with Gasteiger partial charge in [-0.2, -0.15) is 0 Å². The summed E-state index contributed by atoms with van der Waals surface area (Å²) in [5, 5.41) is 22.3. The van der Waals surface area contributed by atoms with Crippen LogP contribution in [0, 0.1) is 0 Å². The molecule has 0 aliphatic heterocycles. The third-order valence-electron chi connectivity index (χ3n) is 5.88. The van der Waals surface area contributed by atoms with Crippen molar-refractivity contribution in [3.63, 3.8) is 0 Å². The third kappa shape index (κ3) is 7.90. The first kappa shape index (κ1) is 26.3. The molecule has 0 atom stereocenters. The van der Waals surface area contributed by atoms with E-state index in [9.17, 15) is 10.3 Å². The topological polar surface area (TPSA) is 43.7 Å². The Hall–Kier alpha value is -1.91. The molecule has 0 heterocycles. The Labute approximate surface area is 200 Å². The molecule has 4 heteroatoms. The molecule has 0 bridgehead atoms. The summed E-state index contributed by atoms with van der Waals surface area (Å²) in [6.07, 6.45) is 5.59. The van der Waals surface area contributed by atoms with Crippen LogP contribution < -0.4 is 0 Å². The molecule has 2 N–H and O–H groups in total. The van der Waals surface area contributed by atoms with Crippen molar-refractivity contribution in [1.82, 2.24) is 5.06 Å². The summed E-state index contributed by atoms with van der Waals surface area (Å²) >= 11 is 5.41. The summed E-state index contributed by atoms with van der Waals surface area (Å²) in [6.45, 7) is 13.4. The predicted octanol–water partition coefficient (Wildman–Crippen LogP) is 7.35. The van der Waals surface area contributed by atoms with Crippen molar-refractivity contribution in [3.8, 4) is 5.75 Å². The fourth-order valence-corrected chi connectivity index (χ4v) is 4.13. The number of hydroxylamine groups is 2. The van der Waals surface area contributed by atoms with E-state index >= 15 is 0 Å². The number of rotatable bonds is 9. The monoisotopic (exact) mass is 455 g/mol. The van der Waals surface area contributed by atoms with Gasteiger partial charge in [0.15, 0.2) is 0 Å². The van der Waals surface area contributed by atoms with Crippen LogP contribution in [0.25, 0.3) is 0 Å². The van der Waals surface area contributed by atoms with Gasteiger partial charge >= 0.3 is 0 Å². The summed E-state index contributed by atoms with van der Waals surface area (Å²) in [7, 11) is 0. The molecule has 0 fully saturated rings. The van der Waals surface area contributed by atoms with Gasteiger partial charge in [0.25, 0.3) is 0 Å². The molecule has 0 saturated carbocycles. The van der Waals surface area contributed by atoms with Crippen LogP contribution in [-0.2, 0) is 23.7 Å². The molecule has 0 spiro atoms. The van der Waals surface area contributed by atoms with Gasteiger partial charge in [-0.05, 0) is 58.8 Å². The van der Waals surface area contributed by atoms with E-state index in [0.29, 0.717) is 17.3 Å². The van der Waals surface area contributed by atoms with Gasteiger partial charge in [0, 0.05) is 13.0 Å². The molecule has 2 aromatic carbocycles. The molecule has 0 aromatic heterocycles. The molecule has 2 rings (SSSR count). The largest absolute Gasteiger partial charge is 0.507 e. The number of hydrogen-bond acceptors (Lipinski definition) is 3. The highest BCUT2D eigenvalue weighted by atomic mass is 32.1. The molecule has 0 saturated heterocycles. The van der Waals surface area contributed by atoms with Crippen molar-refractivity contribution in [2.75, 3.05) is 6.54 Å². The highest BCUT2D eigenvalue weighted by Gasteiger charge is 2.26. The molecular weight excluding hydrogens is 414 g/mol. The van der Waals surface area contributed by atoms with Crippen LogP contribution in [0.2, 0.25) is 0 Å². The normalized spacial score (nSPS) is 12.1. The first-order chi connectivity index (χ1) is 14.9. The minimum absolute atomic E-state index is 0.101. The quantitative estimate of drug-likeness (QED) is 0.236. The molecule has 0 aliphatic carbocycles. The number of hydrogen-bond donors (Lipinski definition) is 2. The number of aromatic hydroxyl groups is 1. The van der Waals surface area contributed by atoms with Crippen molar-refractivity contribution in [2.45, 2.75) is 90.9 Å². The first-order valence-corrected chi connectivity index (χ1v) is 12.2. The average molecular weight is 456 g/mol. The number of unbranched alkanes of at least 4 members (excludes halogenated alkanes) is 2. The summed E-state index contributed by atoms with van der Waals surface area (Å²) < 4.78 is 0. The lowest BCUT2D eigenvalue weighted by atomic mass is 9.78. The van der Waals surface area contributed by atoms with Gasteiger partial charge in [-0.15, -0.1) is 0 Å². The Balaban J connectivity index is 1.85. The van der Waals surface area contributed by atoms with E-state index in [4.69, 9.17) is 12.2 Å². The van der Waals surface area contributed by atoms with Crippen LogP contribution in [0.3, 0.4) is 0 Å². The number of aryl methyl sites for hydroxylation is 1. The third-order valence-corrected chi connectivity index (χ3v) is 6.30. The predicted molar refractivity (Wildman–Crippen MR) is 139 cm³/mol. The van der Waals surface area contributed by atoms with Gasteiger partial charge in [0.05, 0.1) is 0 Å². The second-order valence-electron chi connectivity index (χ2n) is 10.9. The van der Waals surface area contributed by atoms with Crippen LogP contribution in [0.4, 0.5) is 0 Å². The van der Waals surface area contributed by atoms with Crippen LogP contribution in [0.15, 0.2) is 42.5 Å². The van der Waals surface area contributed by atoms with Crippen molar-refractivity contribution in [2.24, 2.45) is 0 Å². The second kappa shape index (κ2) is 11.3. The van der Waals surface area contributed by atoms with Crippen molar-refractivity contribution in [1.29, 1.82) is 0 Å². The minimum atomic E-state index is -0.101. The maximum atomic E-state index is 10.9.